The molecule has 2 aromatic rings. The minimum atomic E-state index is -3.63. The topological polar surface area (TPSA) is 69.7 Å². The van der Waals surface area contributed by atoms with Crippen molar-refractivity contribution in [3.8, 4) is 0 Å². The summed E-state index contributed by atoms with van der Waals surface area (Å²) in [6.45, 7) is 5.79. The number of sulfonamides is 1. The summed E-state index contributed by atoms with van der Waals surface area (Å²) in [6, 6.07) is 13.1. The Morgan fingerprint density at radius 2 is 1.77 bits per heavy atom. The number of hydrogen-bond donors (Lipinski definition) is 1. The van der Waals surface area contributed by atoms with Crippen molar-refractivity contribution in [1.82, 2.24) is 9.62 Å². The van der Waals surface area contributed by atoms with E-state index in [4.69, 9.17) is 0 Å². The summed E-state index contributed by atoms with van der Waals surface area (Å²) in [6.07, 6.45) is 3.59. The first-order valence-corrected chi connectivity index (χ1v) is 12.2. The number of hydrogen-bond acceptors (Lipinski definition) is 4. The fourth-order valence-electron chi connectivity index (χ4n) is 4.32. The van der Waals surface area contributed by atoms with Crippen LogP contribution in [0.15, 0.2) is 47.4 Å². The van der Waals surface area contributed by atoms with Crippen LogP contribution >= 0.6 is 0 Å². The highest BCUT2D eigenvalue weighted by atomic mass is 32.2. The normalized spacial score (nSPS) is 16.8. The standard InChI is InChI=1S/C23H29N3O3S/c1-2-23(27)26-14-11-18-15-21(9-10-22(18)26)30(28,29)24-16-19-7-3-4-8-20(19)17-25-12-5-6-13-25/h3-4,7-10,15,24H,2,5-6,11-14,16-17H2,1H3. The van der Waals surface area contributed by atoms with Gasteiger partial charge in [0, 0.05) is 31.7 Å². The molecule has 160 valence electrons. The van der Waals surface area contributed by atoms with Crippen LogP contribution in [0.25, 0.3) is 0 Å². The van der Waals surface area contributed by atoms with Crippen LogP contribution in [0.1, 0.15) is 42.9 Å². The van der Waals surface area contributed by atoms with E-state index in [1.807, 2.05) is 25.1 Å². The molecule has 0 aliphatic carbocycles. The van der Waals surface area contributed by atoms with E-state index in [0.717, 1.165) is 36.4 Å². The van der Waals surface area contributed by atoms with Crippen molar-refractivity contribution < 1.29 is 13.2 Å². The Balaban J connectivity index is 1.48. The van der Waals surface area contributed by atoms with Gasteiger partial charge in [-0.3, -0.25) is 9.69 Å². The van der Waals surface area contributed by atoms with Crippen LogP contribution < -0.4 is 9.62 Å². The van der Waals surface area contributed by atoms with Crippen LogP contribution in [0, 0.1) is 0 Å². The summed E-state index contributed by atoms with van der Waals surface area (Å²) in [5, 5.41) is 0. The van der Waals surface area contributed by atoms with Crippen LogP contribution in [0.3, 0.4) is 0 Å². The van der Waals surface area contributed by atoms with Crippen molar-refractivity contribution in [2.24, 2.45) is 0 Å². The number of rotatable bonds is 7. The summed E-state index contributed by atoms with van der Waals surface area (Å²) in [4.78, 5) is 16.5. The lowest BCUT2D eigenvalue weighted by atomic mass is 10.1. The first-order chi connectivity index (χ1) is 14.5. The molecular formula is C23H29N3O3S. The van der Waals surface area contributed by atoms with Gasteiger partial charge in [0.25, 0.3) is 0 Å². The van der Waals surface area contributed by atoms with Crippen LogP contribution in [-0.2, 0) is 34.3 Å². The molecule has 0 atom stereocenters. The molecule has 2 aliphatic heterocycles. The van der Waals surface area contributed by atoms with Crippen LogP contribution in [0.2, 0.25) is 0 Å². The first-order valence-electron chi connectivity index (χ1n) is 10.7. The Hall–Kier alpha value is -2.22. The molecule has 2 heterocycles. The lowest BCUT2D eigenvalue weighted by Crippen LogP contribution is -2.28. The van der Waals surface area contributed by atoms with Crippen LogP contribution in [-0.4, -0.2) is 38.9 Å². The van der Waals surface area contributed by atoms with Crippen LogP contribution in [0.4, 0.5) is 5.69 Å². The number of benzene rings is 2. The van der Waals surface area contributed by atoms with Crippen molar-refractivity contribution in [2.45, 2.75) is 50.6 Å². The molecule has 1 N–H and O–H groups in total. The molecule has 4 rings (SSSR count). The Morgan fingerprint density at radius 3 is 2.50 bits per heavy atom. The van der Waals surface area contributed by atoms with E-state index < -0.39 is 10.0 Å². The number of likely N-dealkylation sites (tertiary alicyclic amines) is 1. The minimum absolute atomic E-state index is 0.0668. The number of carbonyl (C=O) groups is 1. The molecule has 1 amide bonds. The lowest BCUT2D eigenvalue weighted by molar-refractivity contribution is -0.118. The van der Waals surface area contributed by atoms with Crippen molar-refractivity contribution in [1.29, 1.82) is 0 Å². The number of anilines is 1. The molecule has 0 spiro atoms. The van der Waals surface area contributed by atoms with Gasteiger partial charge in [0.2, 0.25) is 15.9 Å². The van der Waals surface area contributed by atoms with Crippen molar-refractivity contribution in [2.75, 3.05) is 24.5 Å². The largest absolute Gasteiger partial charge is 0.312 e. The van der Waals surface area contributed by atoms with Gasteiger partial charge < -0.3 is 4.90 Å². The Bertz CT molecular complexity index is 1030. The molecule has 2 aromatic carbocycles. The van der Waals surface area contributed by atoms with Gasteiger partial charge in [-0.15, -0.1) is 0 Å². The van der Waals surface area contributed by atoms with E-state index in [0.29, 0.717) is 19.4 Å². The van der Waals surface area contributed by atoms with Gasteiger partial charge in [0.15, 0.2) is 0 Å². The predicted octanol–water partition coefficient (Wildman–Crippen LogP) is 3.06. The quantitative estimate of drug-likeness (QED) is 0.737. The number of nitrogens with zero attached hydrogens (tertiary/aromatic N) is 2. The molecule has 6 nitrogen and oxygen atoms in total. The van der Waals surface area contributed by atoms with Gasteiger partial charge in [-0.2, -0.15) is 0 Å². The van der Waals surface area contributed by atoms with E-state index >= 15 is 0 Å². The molecule has 7 heteroatoms. The molecule has 0 radical (unpaired) electrons. The zero-order chi connectivity index (χ0) is 21.1. The maximum absolute atomic E-state index is 12.9. The van der Waals surface area contributed by atoms with Gasteiger partial charge in [0.1, 0.15) is 0 Å². The van der Waals surface area contributed by atoms with Gasteiger partial charge in [-0.05, 0) is 67.2 Å². The fraction of sp³-hybridized carbons (Fsp3) is 0.435. The van der Waals surface area contributed by atoms with Crippen molar-refractivity contribution in [3.05, 3.63) is 59.2 Å². The molecule has 0 aromatic heterocycles. The van der Waals surface area contributed by atoms with Crippen molar-refractivity contribution >= 4 is 21.6 Å². The van der Waals surface area contributed by atoms with E-state index in [1.54, 1.807) is 23.1 Å². The highest BCUT2D eigenvalue weighted by Gasteiger charge is 2.26. The van der Waals surface area contributed by atoms with Crippen molar-refractivity contribution in [3.63, 3.8) is 0 Å². The number of fused-ring (bicyclic) bond motifs is 1. The smallest absolute Gasteiger partial charge is 0.240 e. The fourth-order valence-corrected chi connectivity index (χ4v) is 5.37. The SMILES string of the molecule is CCC(=O)N1CCc2cc(S(=O)(=O)NCc3ccccc3CN3CCCC3)ccc21. The number of amides is 1. The Morgan fingerprint density at radius 1 is 1.03 bits per heavy atom. The predicted molar refractivity (Wildman–Crippen MR) is 118 cm³/mol. The summed E-state index contributed by atoms with van der Waals surface area (Å²) >= 11 is 0. The first kappa shape index (κ1) is 21.0. The maximum atomic E-state index is 12.9. The van der Waals surface area contributed by atoms with Gasteiger partial charge in [0.05, 0.1) is 4.90 Å². The second kappa shape index (κ2) is 8.88. The molecule has 0 bridgehead atoms. The minimum Gasteiger partial charge on any atom is -0.312 e. The molecule has 0 saturated carbocycles. The van der Waals surface area contributed by atoms with Gasteiger partial charge in [-0.1, -0.05) is 31.2 Å². The molecular weight excluding hydrogens is 398 g/mol. The molecule has 1 fully saturated rings. The zero-order valence-electron chi connectivity index (χ0n) is 17.4. The number of nitrogens with one attached hydrogen (secondary N) is 1. The third kappa shape index (κ3) is 4.43. The summed E-state index contributed by atoms with van der Waals surface area (Å²) in [5.41, 5.74) is 3.92. The monoisotopic (exact) mass is 427 g/mol. The molecule has 0 unspecified atom stereocenters. The van der Waals surface area contributed by atoms with Gasteiger partial charge in [-0.25, -0.2) is 13.1 Å². The number of carbonyl (C=O) groups excluding carboxylic acids is 1. The maximum Gasteiger partial charge on any atom is 0.240 e. The molecule has 30 heavy (non-hydrogen) atoms. The van der Waals surface area contributed by atoms with E-state index in [-0.39, 0.29) is 17.3 Å². The average molecular weight is 428 g/mol. The molecule has 2 aliphatic rings. The summed E-state index contributed by atoms with van der Waals surface area (Å²) < 4.78 is 28.6. The summed E-state index contributed by atoms with van der Waals surface area (Å²) in [5.74, 6) is 0.0668. The van der Waals surface area contributed by atoms with E-state index in [1.165, 1.54) is 18.4 Å². The zero-order valence-corrected chi connectivity index (χ0v) is 18.2. The Kier molecular flexibility index (Phi) is 6.22. The second-order valence-corrected chi connectivity index (χ2v) is 9.78. The van der Waals surface area contributed by atoms with Crippen LogP contribution in [0.5, 0.6) is 0 Å². The van der Waals surface area contributed by atoms with Gasteiger partial charge >= 0.3 is 0 Å². The van der Waals surface area contributed by atoms with E-state index in [2.05, 4.69) is 15.7 Å². The highest BCUT2D eigenvalue weighted by Crippen LogP contribution is 2.30. The third-order valence-electron chi connectivity index (χ3n) is 6.02. The summed E-state index contributed by atoms with van der Waals surface area (Å²) in [7, 11) is -3.63. The van der Waals surface area contributed by atoms with E-state index in [9.17, 15) is 13.2 Å². The molecule has 1 saturated heterocycles. The Labute approximate surface area is 178 Å². The highest BCUT2D eigenvalue weighted by molar-refractivity contribution is 7.89. The average Bonchev–Trinajstić information content (AvgIpc) is 3.42. The second-order valence-electron chi connectivity index (χ2n) is 8.02. The third-order valence-corrected chi connectivity index (χ3v) is 7.42. The lowest BCUT2D eigenvalue weighted by Gasteiger charge is -2.18.